The molecule has 1 aromatic heterocycles. The van der Waals surface area contributed by atoms with Crippen molar-refractivity contribution in [3.63, 3.8) is 0 Å². The lowest BCUT2D eigenvalue weighted by Crippen LogP contribution is -2.51. The standard InChI is InChI=1S/C29H39N5O4S2/c1-4-20(2)25(31-27(36)19-40-29-32-22-12-8-9-13-23(22)33-29)17-34(16-21-10-6-5-7-11-21)18-26(35)30-24(28(37)38)14-15-39-3/h5-13,20,24-25H,4,14-19H2,1-3H3,(H,30,35)(H,31,36)(H,32,33)(H,37,38)/t20?,24-,25+/m0/s1. The van der Waals surface area contributed by atoms with Crippen molar-refractivity contribution in [1.82, 2.24) is 25.5 Å². The molecule has 1 heterocycles. The number of fused-ring (bicyclic) bond motifs is 1. The molecule has 11 heteroatoms. The summed E-state index contributed by atoms with van der Waals surface area (Å²) in [6, 6.07) is 16.4. The Labute approximate surface area is 244 Å². The lowest BCUT2D eigenvalue weighted by Gasteiger charge is -2.31. The van der Waals surface area contributed by atoms with Gasteiger partial charge >= 0.3 is 5.97 Å². The molecule has 9 nitrogen and oxygen atoms in total. The first-order valence-corrected chi connectivity index (χ1v) is 15.8. The predicted molar refractivity (Wildman–Crippen MR) is 162 cm³/mol. The highest BCUT2D eigenvalue weighted by atomic mass is 32.2. The number of nitrogens with zero attached hydrogens (tertiary/aromatic N) is 2. The van der Waals surface area contributed by atoms with Crippen LogP contribution in [0.25, 0.3) is 11.0 Å². The molecule has 4 N–H and O–H groups in total. The summed E-state index contributed by atoms with van der Waals surface area (Å²) in [6.45, 7) is 5.12. The molecule has 0 saturated carbocycles. The van der Waals surface area contributed by atoms with Crippen LogP contribution >= 0.6 is 23.5 Å². The molecule has 0 aliphatic rings. The van der Waals surface area contributed by atoms with E-state index in [2.05, 4.69) is 34.4 Å². The van der Waals surface area contributed by atoms with E-state index in [9.17, 15) is 19.5 Å². The molecule has 3 aromatic rings. The van der Waals surface area contributed by atoms with Crippen LogP contribution in [0.5, 0.6) is 0 Å². The van der Waals surface area contributed by atoms with E-state index in [0.717, 1.165) is 23.0 Å². The van der Waals surface area contributed by atoms with Crippen molar-refractivity contribution >= 4 is 52.3 Å². The molecule has 216 valence electrons. The highest BCUT2D eigenvalue weighted by Gasteiger charge is 2.25. The number of nitrogens with one attached hydrogen (secondary N) is 3. The monoisotopic (exact) mass is 585 g/mol. The summed E-state index contributed by atoms with van der Waals surface area (Å²) in [7, 11) is 0. The van der Waals surface area contributed by atoms with Crippen molar-refractivity contribution in [1.29, 1.82) is 0 Å². The van der Waals surface area contributed by atoms with Crippen LogP contribution in [-0.2, 0) is 20.9 Å². The third-order valence-electron chi connectivity index (χ3n) is 6.70. The first-order chi connectivity index (χ1) is 19.3. The number of benzene rings is 2. The number of carbonyl (C=O) groups excluding carboxylic acids is 2. The van der Waals surface area contributed by atoms with Crippen LogP contribution in [0, 0.1) is 5.92 Å². The summed E-state index contributed by atoms with van der Waals surface area (Å²) in [6.07, 6.45) is 3.11. The van der Waals surface area contributed by atoms with E-state index in [0.29, 0.717) is 30.4 Å². The van der Waals surface area contributed by atoms with E-state index in [-0.39, 0.29) is 36.1 Å². The van der Waals surface area contributed by atoms with Crippen molar-refractivity contribution in [2.75, 3.05) is 30.9 Å². The van der Waals surface area contributed by atoms with Gasteiger partial charge in [-0.15, -0.1) is 0 Å². The minimum Gasteiger partial charge on any atom is -0.480 e. The summed E-state index contributed by atoms with van der Waals surface area (Å²) < 4.78 is 0. The summed E-state index contributed by atoms with van der Waals surface area (Å²) in [5.41, 5.74) is 2.81. The molecule has 0 radical (unpaired) electrons. The maximum Gasteiger partial charge on any atom is 0.326 e. The summed E-state index contributed by atoms with van der Waals surface area (Å²) in [4.78, 5) is 47.4. The maximum atomic E-state index is 13.0. The van der Waals surface area contributed by atoms with Gasteiger partial charge in [-0.3, -0.25) is 14.5 Å². The third-order valence-corrected chi connectivity index (χ3v) is 8.22. The number of aromatic nitrogens is 2. The average Bonchev–Trinajstić information content (AvgIpc) is 3.37. The van der Waals surface area contributed by atoms with Gasteiger partial charge in [0, 0.05) is 19.1 Å². The molecule has 3 rings (SSSR count). The minimum atomic E-state index is -1.04. The highest BCUT2D eigenvalue weighted by molar-refractivity contribution is 7.99. The number of carbonyl (C=O) groups is 3. The van der Waals surface area contributed by atoms with E-state index in [1.54, 1.807) is 11.8 Å². The molecule has 2 aromatic carbocycles. The fraction of sp³-hybridized carbons (Fsp3) is 0.448. The largest absolute Gasteiger partial charge is 0.480 e. The van der Waals surface area contributed by atoms with E-state index in [1.807, 2.05) is 65.8 Å². The second-order valence-electron chi connectivity index (χ2n) is 9.80. The van der Waals surface area contributed by atoms with Gasteiger partial charge < -0.3 is 20.7 Å². The number of amides is 2. The van der Waals surface area contributed by atoms with Crippen LogP contribution in [0.2, 0.25) is 0 Å². The quantitative estimate of drug-likeness (QED) is 0.175. The SMILES string of the molecule is CCC(C)[C@@H](CN(CC(=O)N[C@@H](CCSC)C(=O)O)Cc1ccccc1)NC(=O)CSc1nc2ccccc2[nH]1. The van der Waals surface area contributed by atoms with Crippen LogP contribution in [0.4, 0.5) is 0 Å². The second-order valence-corrected chi connectivity index (χ2v) is 11.8. The number of H-pyrrole nitrogens is 1. The smallest absolute Gasteiger partial charge is 0.326 e. The zero-order valence-corrected chi connectivity index (χ0v) is 24.9. The molecule has 0 fully saturated rings. The van der Waals surface area contributed by atoms with Crippen LogP contribution in [0.1, 0.15) is 32.3 Å². The normalized spacial score (nSPS) is 13.6. The number of thioether (sulfide) groups is 2. The fourth-order valence-corrected chi connectivity index (χ4v) is 5.44. The number of imidazole rings is 1. The van der Waals surface area contributed by atoms with Crippen molar-refractivity contribution in [2.45, 2.75) is 50.5 Å². The summed E-state index contributed by atoms with van der Waals surface area (Å²) >= 11 is 2.89. The van der Waals surface area contributed by atoms with Crippen molar-refractivity contribution < 1.29 is 19.5 Å². The average molecular weight is 586 g/mol. The number of hydrogen-bond donors (Lipinski definition) is 4. The van der Waals surface area contributed by atoms with Crippen LogP contribution < -0.4 is 10.6 Å². The number of rotatable bonds is 17. The summed E-state index contributed by atoms with van der Waals surface area (Å²) in [5, 5.41) is 16.1. The number of aliphatic carboxylic acids is 1. The highest BCUT2D eigenvalue weighted by Crippen LogP contribution is 2.19. The lowest BCUT2D eigenvalue weighted by atomic mass is 9.98. The van der Waals surface area contributed by atoms with Gasteiger partial charge in [-0.2, -0.15) is 11.8 Å². The van der Waals surface area contributed by atoms with Gasteiger partial charge in [0.05, 0.1) is 23.3 Å². The van der Waals surface area contributed by atoms with Gasteiger partial charge in [-0.25, -0.2) is 9.78 Å². The number of carboxylic acids is 1. The van der Waals surface area contributed by atoms with Crippen LogP contribution in [0.15, 0.2) is 59.8 Å². The topological polar surface area (TPSA) is 127 Å². The Morgan fingerprint density at radius 3 is 2.45 bits per heavy atom. The lowest BCUT2D eigenvalue weighted by molar-refractivity contribution is -0.142. The first-order valence-electron chi connectivity index (χ1n) is 13.4. The molecule has 0 spiro atoms. The predicted octanol–water partition coefficient (Wildman–Crippen LogP) is 4.01. The molecule has 40 heavy (non-hydrogen) atoms. The van der Waals surface area contributed by atoms with Crippen molar-refractivity contribution in [3.8, 4) is 0 Å². The zero-order valence-electron chi connectivity index (χ0n) is 23.3. The number of carboxylic acid groups (broad SMARTS) is 1. The van der Waals surface area contributed by atoms with Gasteiger partial charge in [-0.1, -0.05) is 74.5 Å². The van der Waals surface area contributed by atoms with Crippen LogP contribution in [0.3, 0.4) is 0 Å². The molecule has 0 saturated heterocycles. The Hall–Kier alpha value is -3.02. The third kappa shape index (κ3) is 10.2. The summed E-state index contributed by atoms with van der Waals surface area (Å²) in [5.74, 6) is -0.485. The molecular weight excluding hydrogens is 546 g/mol. The maximum absolute atomic E-state index is 13.0. The van der Waals surface area contributed by atoms with Gasteiger partial charge in [0.1, 0.15) is 6.04 Å². The van der Waals surface area contributed by atoms with Gasteiger partial charge in [0.15, 0.2) is 5.16 Å². The molecule has 0 aliphatic carbocycles. The molecule has 3 atom stereocenters. The molecule has 2 amide bonds. The number of hydrogen-bond acceptors (Lipinski definition) is 7. The van der Waals surface area contributed by atoms with Crippen molar-refractivity contribution in [3.05, 3.63) is 60.2 Å². The number of aromatic amines is 1. The Morgan fingerprint density at radius 2 is 1.77 bits per heavy atom. The molecule has 0 bridgehead atoms. The van der Waals surface area contributed by atoms with Gasteiger partial charge in [0.25, 0.3) is 0 Å². The van der Waals surface area contributed by atoms with E-state index >= 15 is 0 Å². The van der Waals surface area contributed by atoms with Crippen molar-refractivity contribution in [2.24, 2.45) is 5.92 Å². The Kier molecular flexibility index (Phi) is 12.8. The van der Waals surface area contributed by atoms with Gasteiger partial charge in [-0.05, 0) is 42.0 Å². The first kappa shape index (κ1) is 31.5. The van der Waals surface area contributed by atoms with Gasteiger partial charge in [0.2, 0.25) is 11.8 Å². The van der Waals surface area contributed by atoms with E-state index < -0.39 is 12.0 Å². The van der Waals surface area contributed by atoms with Crippen LogP contribution in [-0.4, -0.2) is 80.7 Å². The second kappa shape index (κ2) is 16.3. The molecular formula is C29H39N5O4S2. The Balaban J connectivity index is 1.67. The zero-order chi connectivity index (χ0) is 28.9. The minimum absolute atomic E-state index is 0.0223. The Bertz CT molecular complexity index is 1210. The molecule has 0 aliphatic heterocycles. The number of para-hydroxylation sites is 2. The Morgan fingerprint density at radius 1 is 1.05 bits per heavy atom. The fourth-order valence-electron chi connectivity index (χ4n) is 4.27. The molecule has 1 unspecified atom stereocenters. The van der Waals surface area contributed by atoms with E-state index in [1.165, 1.54) is 11.8 Å². The van der Waals surface area contributed by atoms with E-state index in [4.69, 9.17) is 0 Å².